The van der Waals surface area contributed by atoms with Gasteiger partial charge in [-0.15, -0.1) is 0 Å². The Balaban J connectivity index is 2.39. The Morgan fingerprint density at radius 1 is 1.59 bits per heavy atom. The van der Waals surface area contributed by atoms with Crippen LogP contribution in [0.4, 0.5) is 5.69 Å². The van der Waals surface area contributed by atoms with Crippen LogP contribution >= 0.6 is 15.9 Å². The summed E-state index contributed by atoms with van der Waals surface area (Å²) in [6, 6.07) is 7.13. The SMILES string of the molecule is Cc1cc(N2C(=O)COCC2C#N)ccc1Br. The van der Waals surface area contributed by atoms with Crippen molar-refractivity contribution in [3.63, 3.8) is 0 Å². The van der Waals surface area contributed by atoms with Crippen molar-refractivity contribution in [3.8, 4) is 6.07 Å². The van der Waals surface area contributed by atoms with Gasteiger partial charge >= 0.3 is 0 Å². The summed E-state index contributed by atoms with van der Waals surface area (Å²) in [5.41, 5.74) is 1.77. The molecule has 1 heterocycles. The second-order valence-electron chi connectivity index (χ2n) is 3.86. The summed E-state index contributed by atoms with van der Waals surface area (Å²) in [6.45, 7) is 2.24. The first-order valence-electron chi connectivity index (χ1n) is 5.19. The summed E-state index contributed by atoms with van der Waals surface area (Å²) < 4.78 is 6.05. The van der Waals surface area contributed by atoms with Gasteiger partial charge in [0.15, 0.2) is 0 Å². The van der Waals surface area contributed by atoms with Crippen LogP contribution in [-0.4, -0.2) is 25.2 Å². The summed E-state index contributed by atoms with van der Waals surface area (Å²) in [5, 5.41) is 9.03. The third kappa shape index (κ3) is 2.33. The Morgan fingerprint density at radius 3 is 3.00 bits per heavy atom. The molecule has 1 aliphatic rings. The summed E-state index contributed by atoms with van der Waals surface area (Å²) >= 11 is 3.41. The number of nitriles is 1. The molecular weight excluding hydrogens is 284 g/mol. The quantitative estimate of drug-likeness (QED) is 0.796. The fraction of sp³-hybridized carbons (Fsp3) is 0.333. The van der Waals surface area contributed by atoms with Crippen LogP contribution in [-0.2, 0) is 9.53 Å². The van der Waals surface area contributed by atoms with Crippen LogP contribution in [0.1, 0.15) is 5.56 Å². The third-order valence-corrected chi connectivity index (χ3v) is 3.54. The summed E-state index contributed by atoms with van der Waals surface area (Å²) in [7, 11) is 0. The number of anilines is 1. The number of amides is 1. The molecule has 0 aliphatic carbocycles. The Morgan fingerprint density at radius 2 is 2.35 bits per heavy atom. The van der Waals surface area contributed by atoms with Crippen LogP contribution in [0.25, 0.3) is 0 Å². The molecule has 1 aromatic rings. The second kappa shape index (κ2) is 4.86. The average Bonchev–Trinajstić information content (AvgIpc) is 2.32. The van der Waals surface area contributed by atoms with Gasteiger partial charge in [-0.3, -0.25) is 9.69 Å². The summed E-state index contributed by atoms with van der Waals surface area (Å²) in [5.74, 6) is -0.176. The van der Waals surface area contributed by atoms with Crippen LogP contribution in [0.5, 0.6) is 0 Å². The topological polar surface area (TPSA) is 53.3 Å². The Bertz CT molecular complexity index is 496. The number of hydrogen-bond acceptors (Lipinski definition) is 3. The average molecular weight is 295 g/mol. The number of nitrogens with zero attached hydrogens (tertiary/aromatic N) is 2. The van der Waals surface area contributed by atoms with Crippen molar-refractivity contribution in [2.45, 2.75) is 13.0 Å². The maximum absolute atomic E-state index is 11.8. The molecule has 4 nitrogen and oxygen atoms in total. The van der Waals surface area contributed by atoms with Crippen molar-refractivity contribution >= 4 is 27.5 Å². The molecule has 1 aromatic carbocycles. The van der Waals surface area contributed by atoms with Crippen molar-refractivity contribution in [1.82, 2.24) is 0 Å². The van der Waals surface area contributed by atoms with E-state index in [9.17, 15) is 4.79 Å². The number of carbonyl (C=O) groups is 1. The Labute approximate surface area is 108 Å². The summed E-state index contributed by atoms with van der Waals surface area (Å²) in [4.78, 5) is 13.3. The molecule has 1 fully saturated rings. The zero-order chi connectivity index (χ0) is 12.4. The highest BCUT2D eigenvalue weighted by molar-refractivity contribution is 9.10. The first-order valence-corrected chi connectivity index (χ1v) is 5.98. The van der Waals surface area contributed by atoms with Crippen molar-refractivity contribution < 1.29 is 9.53 Å². The minimum absolute atomic E-state index is 0.0350. The number of rotatable bonds is 1. The molecule has 1 saturated heterocycles. The molecule has 0 radical (unpaired) electrons. The van der Waals surface area contributed by atoms with Gasteiger partial charge in [0.1, 0.15) is 12.6 Å². The van der Waals surface area contributed by atoms with Crippen LogP contribution in [0.3, 0.4) is 0 Å². The number of carbonyl (C=O) groups excluding carboxylic acids is 1. The molecule has 1 amide bonds. The smallest absolute Gasteiger partial charge is 0.254 e. The van der Waals surface area contributed by atoms with E-state index in [2.05, 4.69) is 22.0 Å². The van der Waals surface area contributed by atoms with Crippen LogP contribution < -0.4 is 4.90 Å². The fourth-order valence-corrected chi connectivity index (χ4v) is 2.02. The van der Waals surface area contributed by atoms with E-state index in [1.54, 1.807) is 0 Å². The van der Waals surface area contributed by atoms with Crippen molar-refractivity contribution in [1.29, 1.82) is 5.26 Å². The molecule has 1 unspecified atom stereocenters. The predicted octanol–water partition coefficient (Wildman–Crippen LogP) is 2.01. The lowest BCUT2D eigenvalue weighted by molar-refractivity contribution is -0.126. The second-order valence-corrected chi connectivity index (χ2v) is 4.71. The van der Waals surface area contributed by atoms with E-state index in [0.29, 0.717) is 0 Å². The maximum Gasteiger partial charge on any atom is 0.254 e. The molecule has 0 N–H and O–H groups in total. The minimum Gasteiger partial charge on any atom is -0.368 e. The van der Waals surface area contributed by atoms with Gasteiger partial charge in [0.25, 0.3) is 5.91 Å². The van der Waals surface area contributed by atoms with Gasteiger partial charge < -0.3 is 4.74 Å². The summed E-state index contributed by atoms with van der Waals surface area (Å²) in [6.07, 6.45) is 0. The lowest BCUT2D eigenvalue weighted by Gasteiger charge is -2.31. The largest absolute Gasteiger partial charge is 0.368 e. The third-order valence-electron chi connectivity index (χ3n) is 2.65. The highest BCUT2D eigenvalue weighted by Gasteiger charge is 2.30. The van der Waals surface area contributed by atoms with Crippen molar-refractivity contribution in [2.24, 2.45) is 0 Å². The molecule has 2 rings (SSSR count). The lowest BCUT2D eigenvalue weighted by Crippen LogP contribution is -2.49. The van der Waals surface area contributed by atoms with Gasteiger partial charge in [-0.05, 0) is 30.7 Å². The van der Waals surface area contributed by atoms with Gasteiger partial charge in [-0.25, -0.2) is 0 Å². The molecule has 17 heavy (non-hydrogen) atoms. The molecule has 88 valence electrons. The van der Waals surface area contributed by atoms with Crippen LogP contribution in [0.2, 0.25) is 0 Å². The van der Waals surface area contributed by atoms with E-state index >= 15 is 0 Å². The van der Waals surface area contributed by atoms with E-state index in [1.165, 1.54) is 4.90 Å². The zero-order valence-electron chi connectivity index (χ0n) is 9.31. The molecular formula is C12H11BrN2O2. The number of morpholine rings is 1. The number of benzene rings is 1. The normalized spacial score (nSPS) is 20.2. The molecule has 0 saturated carbocycles. The van der Waals surface area contributed by atoms with E-state index in [1.807, 2.05) is 25.1 Å². The first kappa shape index (κ1) is 12.1. The number of halogens is 1. The predicted molar refractivity (Wildman–Crippen MR) is 66.6 cm³/mol. The molecule has 0 bridgehead atoms. The standard InChI is InChI=1S/C12H11BrN2O2/c1-8-4-9(2-3-11(8)13)15-10(5-14)6-17-7-12(15)16/h2-4,10H,6-7H2,1H3. The fourth-order valence-electron chi connectivity index (χ4n) is 1.77. The van der Waals surface area contributed by atoms with E-state index in [4.69, 9.17) is 10.00 Å². The number of ether oxygens (including phenoxy) is 1. The first-order chi connectivity index (χ1) is 8.13. The highest BCUT2D eigenvalue weighted by Crippen LogP contribution is 2.25. The minimum atomic E-state index is -0.545. The van der Waals surface area contributed by atoms with Crippen molar-refractivity contribution in [2.75, 3.05) is 18.1 Å². The van der Waals surface area contributed by atoms with Crippen molar-refractivity contribution in [3.05, 3.63) is 28.2 Å². The Hall–Kier alpha value is -1.38. The molecule has 1 atom stereocenters. The van der Waals surface area contributed by atoms with Gasteiger partial charge in [0, 0.05) is 10.2 Å². The molecule has 1 aliphatic heterocycles. The molecule has 0 spiro atoms. The van der Waals surface area contributed by atoms with Crippen LogP contribution in [0.15, 0.2) is 22.7 Å². The highest BCUT2D eigenvalue weighted by atomic mass is 79.9. The van der Waals surface area contributed by atoms with E-state index in [0.717, 1.165) is 15.7 Å². The van der Waals surface area contributed by atoms with Gasteiger partial charge in [0.2, 0.25) is 0 Å². The maximum atomic E-state index is 11.8. The number of hydrogen-bond donors (Lipinski definition) is 0. The Kier molecular flexibility index (Phi) is 3.46. The van der Waals surface area contributed by atoms with E-state index in [-0.39, 0.29) is 19.1 Å². The van der Waals surface area contributed by atoms with Gasteiger partial charge in [-0.2, -0.15) is 5.26 Å². The monoisotopic (exact) mass is 294 g/mol. The zero-order valence-corrected chi connectivity index (χ0v) is 10.9. The molecule has 5 heteroatoms. The molecule has 0 aromatic heterocycles. The number of aryl methyl sites for hydroxylation is 1. The van der Waals surface area contributed by atoms with Gasteiger partial charge in [-0.1, -0.05) is 15.9 Å². The van der Waals surface area contributed by atoms with Gasteiger partial charge in [0.05, 0.1) is 12.7 Å². The van der Waals surface area contributed by atoms with E-state index < -0.39 is 6.04 Å². The lowest BCUT2D eigenvalue weighted by atomic mass is 10.1. The van der Waals surface area contributed by atoms with Crippen LogP contribution in [0, 0.1) is 18.3 Å².